The lowest BCUT2D eigenvalue weighted by Crippen LogP contribution is -2.33. The Morgan fingerprint density at radius 2 is 1.94 bits per heavy atom. The summed E-state index contributed by atoms with van der Waals surface area (Å²) >= 11 is 0. The number of rotatable bonds is 0. The molecular weight excluding hydrogens is 210 g/mol. The maximum Gasteiger partial charge on any atom is 0.106 e. The highest BCUT2D eigenvalue weighted by molar-refractivity contribution is 5.84. The number of aryl methyl sites for hydroxylation is 2. The van der Waals surface area contributed by atoms with E-state index in [0.717, 1.165) is 5.82 Å². The molecule has 3 nitrogen and oxygen atoms in total. The number of piperidine rings is 1. The molecule has 2 aliphatic carbocycles. The molecule has 1 aromatic carbocycles. The number of hydrogen-bond donors (Lipinski definition) is 1. The van der Waals surface area contributed by atoms with Crippen LogP contribution in [0.4, 0.5) is 0 Å². The van der Waals surface area contributed by atoms with E-state index < -0.39 is 0 Å². The highest BCUT2D eigenvalue weighted by Crippen LogP contribution is 2.76. The first-order valence-electron chi connectivity index (χ1n) is 6.37. The predicted molar refractivity (Wildman–Crippen MR) is 66.3 cm³/mol. The Labute approximate surface area is 99.8 Å². The first-order chi connectivity index (χ1) is 8.18. The summed E-state index contributed by atoms with van der Waals surface area (Å²) in [6.07, 6.45) is 1.37. The van der Waals surface area contributed by atoms with Crippen LogP contribution in [0.15, 0.2) is 12.1 Å². The number of benzene rings is 1. The smallest absolute Gasteiger partial charge is 0.106 e. The van der Waals surface area contributed by atoms with E-state index in [4.69, 9.17) is 0 Å². The van der Waals surface area contributed by atoms with E-state index in [2.05, 4.69) is 41.0 Å². The number of nitrogens with one attached hydrogen (secondary N) is 1. The van der Waals surface area contributed by atoms with Crippen molar-refractivity contribution in [2.24, 2.45) is 7.05 Å². The summed E-state index contributed by atoms with van der Waals surface area (Å²) in [5, 5.41) is 3.56. The minimum absolute atomic E-state index is 0.502. The van der Waals surface area contributed by atoms with Crippen molar-refractivity contribution in [2.45, 2.75) is 24.2 Å². The molecule has 2 unspecified atom stereocenters. The third-order valence-electron chi connectivity index (χ3n) is 5.52. The second-order valence-electron chi connectivity index (χ2n) is 6.05. The highest BCUT2D eigenvalue weighted by Gasteiger charge is 2.79. The fourth-order valence-electron chi connectivity index (χ4n) is 4.41. The minimum atomic E-state index is 0.502. The second kappa shape index (κ2) is 2.15. The Kier molecular flexibility index (Phi) is 1.10. The van der Waals surface area contributed by atoms with Gasteiger partial charge in [-0.25, -0.2) is 4.98 Å². The van der Waals surface area contributed by atoms with E-state index in [-0.39, 0.29) is 0 Å². The van der Waals surface area contributed by atoms with Crippen molar-refractivity contribution in [2.75, 3.05) is 13.1 Å². The molecule has 2 aromatic rings. The summed E-state index contributed by atoms with van der Waals surface area (Å²) in [5.74, 6) is 1.11. The van der Waals surface area contributed by atoms with Gasteiger partial charge in [0.25, 0.3) is 0 Å². The number of nitrogens with zero attached hydrogens (tertiary/aromatic N) is 2. The van der Waals surface area contributed by atoms with Gasteiger partial charge in [-0.2, -0.15) is 0 Å². The molecule has 3 aliphatic rings. The number of aromatic nitrogens is 2. The molecule has 1 saturated heterocycles. The fraction of sp³-hybridized carbons (Fsp3) is 0.500. The number of imidazole rings is 1. The first kappa shape index (κ1) is 8.70. The van der Waals surface area contributed by atoms with E-state index in [1.807, 2.05) is 0 Å². The third-order valence-corrected chi connectivity index (χ3v) is 5.52. The molecule has 86 valence electrons. The van der Waals surface area contributed by atoms with Crippen molar-refractivity contribution in [1.82, 2.24) is 14.9 Å². The van der Waals surface area contributed by atoms with Crippen LogP contribution in [0.2, 0.25) is 0 Å². The summed E-state index contributed by atoms with van der Waals surface area (Å²) in [7, 11) is 2.11. The summed E-state index contributed by atoms with van der Waals surface area (Å²) in [6, 6.07) is 4.73. The third kappa shape index (κ3) is 0.659. The second-order valence-corrected chi connectivity index (χ2v) is 6.05. The molecule has 2 heterocycles. The van der Waals surface area contributed by atoms with E-state index >= 15 is 0 Å². The van der Waals surface area contributed by atoms with Gasteiger partial charge in [0, 0.05) is 31.0 Å². The lowest BCUT2D eigenvalue weighted by atomic mass is 9.70. The summed E-state index contributed by atoms with van der Waals surface area (Å²) in [5.41, 5.74) is 6.65. The first-order valence-corrected chi connectivity index (χ1v) is 6.37. The van der Waals surface area contributed by atoms with Crippen molar-refractivity contribution in [3.8, 4) is 0 Å². The van der Waals surface area contributed by atoms with Crippen molar-refractivity contribution in [1.29, 1.82) is 0 Å². The maximum absolute atomic E-state index is 4.65. The average Bonchev–Trinajstić information content (AvgIpc) is 2.61. The molecule has 0 amide bonds. The van der Waals surface area contributed by atoms with Crippen LogP contribution in [0, 0.1) is 6.92 Å². The van der Waals surface area contributed by atoms with Gasteiger partial charge in [-0.15, -0.1) is 0 Å². The predicted octanol–water partition coefficient (Wildman–Crippen LogP) is 1.38. The Balaban J connectivity index is 1.88. The quantitative estimate of drug-likeness (QED) is 0.734. The Bertz CT molecular complexity index is 699. The average molecular weight is 225 g/mol. The molecule has 2 atom stereocenters. The van der Waals surface area contributed by atoms with Crippen molar-refractivity contribution < 1.29 is 0 Å². The van der Waals surface area contributed by atoms with Gasteiger partial charge < -0.3 is 9.88 Å². The molecule has 1 aromatic heterocycles. The standard InChI is InChI=1S/C14H15N3/c1-8-16-11-3-9-10(4-12(11)17(8)2)14-5-13(9,14)6-15-7-14/h3-4,15H,5-7H2,1-2H3. The zero-order chi connectivity index (χ0) is 11.4. The zero-order valence-electron chi connectivity index (χ0n) is 10.2. The largest absolute Gasteiger partial charge is 0.331 e. The molecule has 17 heavy (non-hydrogen) atoms. The maximum atomic E-state index is 4.65. The van der Waals surface area contributed by atoms with Gasteiger partial charge in [0.15, 0.2) is 0 Å². The monoisotopic (exact) mass is 225 g/mol. The van der Waals surface area contributed by atoms with Gasteiger partial charge in [0.05, 0.1) is 11.0 Å². The summed E-state index contributed by atoms with van der Waals surface area (Å²) in [4.78, 5) is 4.65. The van der Waals surface area contributed by atoms with Crippen molar-refractivity contribution in [3.63, 3.8) is 0 Å². The molecular formula is C14H15N3. The van der Waals surface area contributed by atoms with Crippen molar-refractivity contribution in [3.05, 3.63) is 29.1 Å². The topological polar surface area (TPSA) is 29.9 Å². The van der Waals surface area contributed by atoms with Gasteiger partial charge in [-0.1, -0.05) is 0 Å². The lowest BCUT2D eigenvalue weighted by Gasteiger charge is -2.32. The van der Waals surface area contributed by atoms with E-state index in [1.165, 1.54) is 30.5 Å². The van der Waals surface area contributed by atoms with Gasteiger partial charge in [0.1, 0.15) is 5.82 Å². The Morgan fingerprint density at radius 3 is 2.71 bits per heavy atom. The molecule has 1 aliphatic heterocycles. The van der Waals surface area contributed by atoms with E-state index in [1.54, 1.807) is 11.1 Å². The molecule has 5 rings (SSSR count). The van der Waals surface area contributed by atoms with E-state index in [9.17, 15) is 0 Å². The van der Waals surface area contributed by atoms with Gasteiger partial charge in [-0.05, 0) is 36.6 Å². The van der Waals surface area contributed by atoms with Gasteiger partial charge in [0.2, 0.25) is 0 Å². The van der Waals surface area contributed by atoms with Crippen LogP contribution >= 0.6 is 0 Å². The minimum Gasteiger partial charge on any atom is -0.331 e. The van der Waals surface area contributed by atoms with Gasteiger partial charge in [-0.3, -0.25) is 0 Å². The molecule has 0 bridgehead atoms. The molecule has 1 N–H and O–H groups in total. The molecule has 0 radical (unpaired) electrons. The zero-order valence-corrected chi connectivity index (χ0v) is 10.2. The van der Waals surface area contributed by atoms with Crippen LogP contribution in [0.5, 0.6) is 0 Å². The van der Waals surface area contributed by atoms with Crippen LogP contribution in [0.3, 0.4) is 0 Å². The summed E-state index contributed by atoms with van der Waals surface area (Å²) < 4.78 is 2.21. The Hall–Kier alpha value is -1.35. The molecule has 2 fully saturated rings. The highest BCUT2D eigenvalue weighted by atomic mass is 15.1. The lowest BCUT2D eigenvalue weighted by molar-refractivity contribution is 0.577. The van der Waals surface area contributed by atoms with Crippen LogP contribution in [-0.4, -0.2) is 22.6 Å². The SMILES string of the molecule is Cc1nc2cc3c(cc2n1C)C12CNCC31C2. The molecule has 1 saturated carbocycles. The van der Waals surface area contributed by atoms with Crippen molar-refractivity contribution >= 4 is 11.0 Å². The fourth-order valence-corrected chi connectivity index (χ4v) is 4.41. The summed E-state index contributed by atoms with van der Waals surface area (Å²) in [6.45, 7) is 4.44. The number of fused-ring (bicyclic) bond motifs is 2. The van der Waals surface area contributed by atoms with Crippen LogP contribution < -0.4 is 5.32 Å². The van der Waals surface area contributed by atoms with Crippen LogP contribution in [0.1, 0.15) is 23.4 Å². The Morgan fingerprint density at radius 1 is 1.24 bits per heavy atom. The van der Waals surface area contributed by atoms with Gasteiger partial charge >= 0.3 is 0 Å². The van der Waals surface area contributed by atoms with Crippen LogP contribution in [0.25, 0.3) is 11.0 Å². The van der Waals surface area contributed by atoms with Crippen LogP contribution in [-0.2, 0) is 17.9 Å². The van der Waals surface area contributed by atoms with E-state index in [0.29, 0.717) is 10.8 Å². The molecule has 3 heteroatoms. The number of hydrogen-bond acceptors (Lipinski definition) is 2. The normalized spacial score (nSPS) is 36.4. The molecule has 0 spiro atoms.